The van der Waals surface area contributed by atoms with Gasteiger partial charge in [0.25, 0.3) is 0 Å². The summed E-state index contributed by atoms with van der Waals surface area (Å²) >= 11 is 0. The Labute approximate surface area is 87.2 Å². The van der Waals surface area contributed by atoms with Crippen LogP contribution in [0.2, 0.25) is 0 Å². The highest BCUT2D eigenvalue weighted by atomic mass is 16.5. The van der Waals surface area contributed by atoms with Gasteiger partial charge in [-0.25, -0.2) is 4.79 Å². The van der Waals surface area contributed by atoms with Crippen molar-refractivity contribution in [1.29, 1.82) is 0 Å². The number of esters is 1. The Hall–Kier alpha value is -1.84. The zero-order chi connectivity index (χ0) is 10.8. The maximum Gasteiger partial charge on any atom is 0.338 e. The van der Waals surface area contributed by atoms with Gasteiger partial charge in [-0.05, 0) is 12.1 Å². The van der Waals surface area contributed by atoms with Gasteiger partial charge in [0.15, 0.2) is 5.78 Å². The van der Waals surface area contributed by atoms with Crippen LogP contribution in [0.25, 0.3) is 0 Å². The molecule has 0 spiro atoms. The van der Waals surface area contributed by atoms with Crippen molar-refractivity contribution in [2.24, 2.45) is 0 Å². The molecule has 1 aliphatic rings. The van der Waals surface area contributed by atoms with E-state index in [1.54, 1.807) is 18.2 Å². The fraction of sp³-hybridized carbons (Fsp3) is 0.273. The number of carbonyl (C=O) groups excluding carboxylic acids is 2. The molecule has 4 nitrogen and oxygen atoms in total. The summed E-state index contributed by atoms with van der Waals surface area (Å²) < 4.78 is 4.63. The molecule has 0 fully saturated rings. The van der Waals surface area contributed by atoms with Crippen LogP contribution in [0.5, 0.6) is 0 Å². The van der Waals surface area contributed by atoms with Crippen molar-refractivity contribution < 1.29 is 14.3 Å². The minimum absolute atomic E-state index is 0.00949. The average Bonchev–Trinajstić information content (AvgIpc) is 2.28. The number of methoxy groups -OCH3 is 1. The van der Waals surface area contributed by atoms with Crippen molar-refractivity contribution in [3.8, 4) is 0 Å². The number of ketones is 1. The van der Waals surface area contributed by atoms with Crippen LogP contribution in [-0.4, -0.2) is 25.4 Å². The lowest BCUT2D eigenvalue weighted by Gasteiger charge is -2.18. The van der Waals surface area contributed by atoms with Crippen LogP contribution in [0.3, 0.4) is 0 Å². The van der Waals surface area contributed by atoms with E-state index in [4.69, 9.17) is 0 Å². The second kappa shape index (κ2) is 3.73. The smallest absolute Gasteiger partial charge is 0.338 e. The fourth-order valence-electron chi connectivity index (χ4n) is 1.72. The lowest BCUT2D eigenvalue weighted by Crippen LogP contribution is -2.21. The quantitative estimate of drug-likeness (QED) is 0.705. The van der Waals surface area contributed by atoms with Crippen LogP contribution in [0.1, 0.15) is 27.1 Å². The second-order valence-corrected chi connectivity index (χ2v) is 3.32. The molecule has 0 aromatic heterocycles. The monoisotopic (exact) mass is 205 g/mol. The molecule has 1 aromatic carbocycles. The Balaban J connectivity index is 2.56. The summed E-state index contributed by atoms with van der Waals surface area (Å²) in [5.41, 5.74) is 1.51. The van der Waals surface area contributed by atoms with Gasteiger partial charge in [-0.1, -0.05) is 6.07 Å². The van der Waals surface area contributed by atoms with E-state index in [-0.39, 0.29) is 5.78 Å². The van der Waals surface area contributed by atoms with Crippen LogP contribution in [0, 0.1) is 0 Å². The van der Waals surface area contributed by atoms with Gasteiger partial charge < -0.3 is 10.1 Å². The average molecular weight is 205 g/mol. The van der Waals surface area contributed by atoms with E-state index >= 15 is 0 Å². The molecule has 15 heavy (non-hydrogen) atoms. The molecule has 0 saturated carbocycles. The van der Waals surface area contributed by atoms with E-state index in [1.165, 1.54) is 7.11 Å². The molecule has 0 radical (unpaired) electrons. The molecular weight excluding hydrogens is 194 g/mol. The highest BCUT2D eigenvalue weighted by molar-refractivity contribution is 6.11. The van der Waals surface area contributed by atoms with E-state index in [9.17, 15) is 9.59 Å². The van der Waals surface area contributed by atoms with Gasteiger partial charge in [0.1, 0.15) is 0 Å². The maximum atomic E-state index is 11.7. The first-order valence-corrected chi connectivity index (χ1v) is 4.72. The van der Waals surface area contributed by atoms with E-state index in [2.05, 4.69) is 10.1 Å². The fourth-order valence-corrected chi connectivity index (χ4v) is 1.72. The Bertz CT molecular complexity index is 426. The van der Waals surface area contributed by atoms with E-state index in [0.717, 1.165) is 0 Å². The van der Waals surface area contributed by atoms with Gasteiger partial charge in [-0.15, -0.1) is 0 Å². The van der Waals surface area contributed by atoms with Gasteiger partial charge in [0.05, 0.1) is 18.2 Å². The van der Waals surface area contributed by atoms with Crippen LogP contribution in [-0.2, 0) is 4.74 Å². The number of hydrogen-bond donors (Lipinski definition) is 1. The Kier molecular flexibility index (Phi) is 2.41. The molecule has 4 heteroatoms. The van der Waals surface area contributed by atoms with Crippen molar-refractivity contribution in [3.63, 3.8) is 0 Å². The lowest BCUT2D eigenvalue weighted by molar-refractivity contribution is 0.0597. The van der Waals surface area contributed by atoms with Crippen molar-refractivity contribution in [2.75, 3.05) is 19.0 Å². The molecule has 0 bridgehead atoms. The molecule has 1 aliphatic heterocycles. The van der Waals surface area contributed by atoms with Crippen LogP contribution in [0.15, 0.2) is 18.2 Å². The van der Waals surface area contributed by atoms with Gasteiger partial charge in [-0.3, -0.25) is 4.79 Å². The zero-order valence-electron chi connectivity index (χ0n) is 8.37. The predicted molar refractivity (Wildman–Crippen MR) is 55.2 cm³/mol. The molecule has 0 aliphatic carbocycles. The third kappa shape index (κ3) is 1.58. The SMILES string of the molecule is COC(=O)c1cccc2c1C(=O)CCN2. The number of carbonyl (C=O) groups is 2. The van der Waals surface area contributed by atoms with Gasteiger partial charge in [0.2, 0.25) is 0 Å². The maximum absolute atomic E-state index is 11.7. The molecule has 0 amide bonds. The number of nitrogens with one attached hydrogen (secondary N) is 1. The number of fused-ring (bicyclic) bond motifs is 1. The third-order valence-electron chi connectivity index (χ3n) is 2.42. The zero-order valence-corrected chi connectivity index (χ0v) is 8.37. The van der Waals surface area contributed by atoms with E-state index in [0.29, 0.717) is 29.8 Å². The second-order valence-electron chi connectivity index (χ2n) is 3.32. The van der Waals surface area contributed by atoms with Crippen LogP contribution < -0.4 is 5.32 Å². The number of rotatable bonds is 1. The minimum Gasteiger partial charge on any atom is -0.465 e. The van der Waals surface area contributed by atoms with Crippen molar-refractivity contribution in [2.45, 2.75) is 6.42 Å². The normalized spacial score (nSPS) is 14.1. The van der Waals surface area contributed by atoms with Gasteiger partial charge >= 0.3 is 5.97 Å². The molecule has 1 aromatic rings. The first kappa shape index (κ1) is 9.71. The third-order valence-corrected chi connectivity index (χ3v) is 2.42. The highest BCUT2D eigenvalue weighted by Gasteiger charge is 2.23. The summed E-state index contributed by atoms with van der Waals surface area (Å²) in [4.78, 5) is 23.1. The van der Waals surface area contributed by atoms with Crippen LogP contribution in [0.4, 0.5) is 5.69 Å². The Morgan fingerprint density at radius 1 is 1.47 bits per heavy atom. The first-order valence-electron chi connectivity index (χ1n) is 4.72. The van der Waals surface area contributed by atoms with E-state index in [1.807, 2.05) is 0 Å². The highest BCUT2D eigenvalue weighted by Crippen LogP contribution is 2.25. The van der Waals surface area contributed by atoms with Crippen LogP contribution >= 0.6 is 0 Å². The number of hydrogen-bond acceptors (Lipinski definition) is 4. The summed E-state index contributed by atoms with van der Waals surface area (Å²) in [6.45, 7) is 0.621. The lowest BCUT2D eigenvalue weighted by atomic mass is 9.96. The first-order chi connectivity index (χ1) is 7.24. The van der Waals surface area contributed by atoms with Crippen molar-refractivity contribution >= 4 is 17.4 Å². The summed E-state index contributed by atoms with van der Waals surface area (Å²) in [5.74, 6) is -0.478. The summed E-state index contributed by atoms with van der Waals surface area (Å²) in [6.07, 6.45) is 0.418. The van der Waals surface area contributed by atoms with E-state index < -0.39 is 5.97 Å². The molecule has 0 saturated heterocycles. The summed E-state index contributed by atoms with van der Waals surface area (Å²) in [6, 6.07) is 5.13. The molecule has 0 unspecified atom stereocenters. The molecule has 0 atom stereocenters. The van der Waals surface area contributed by atoms with Gasteiger partial charge in [0, 0.05) is 18.7 Å². The predicted octanol–water partition coefficient (Wildman–Crippen LogP) is 1.47. The van der Waals surface area contributed by atoms with Gasteiger partial charge in [-0.2, -0.15) is 0 Å². The molecular formula is C11H11NO3. The molecule has 78 valence electrons. The Morgan fingerprint density at radius 2 is 2.27 bits per heavy atom. The molecule has 1 heterocycles. The number of benzene rings is 1. The topological polar surface area (TPSA) is 55.4 Å². The largest absolute Gasteiger partial charge is 0.465 e. The Morgan fingerprint density at radius 3 is 3.00 bits per heavy atom. The number of anilines is 1. The van der Waals surface area contributed by atoms with Crippen molar-refractivity contribution in [1.82, 2.24) is 0 Å². The summed E-state index contributed by atoms with van der Waals surface area (Å²) in [5, 5.41) is 3.08. The minimum atomic E-state index is -0.469. The standard InChI is InChI=1S/C11H11NO3/c1-15-11(14)7-3-2-4-8-10(7)9(13)5-6-12-8/h2-4,12H,5-6H2,1H3. The van der Waals surface area contributed by atoms with Crippen molar-refractivity contribution in [3.05, 3.63) is 29.3 Å². The number of Topliss-reactive ketones (excluding diaryl/α,β-unsaturated/α-hetero) is 1. The molecule has 2 rings (SSSR count). The molecule has 1 N–H and O–H groups in total. The number of ether oxygens (including phenoxy) is 1. The summed E-state index contributed by atoms with van der Waals surface area (Å²) in [7, 11) is 1.31.